The Kier molecular flexibility index (Phi) is 5.03. The Balaban J connectivity index is 2.38. The summed E-state index contributed by atoms with van der Waals surface area (Å²) in [4.78, 5) is 9.66. The molecule has 0 unspecified atom stereocenters. The maximum absolute atomic E-state index is 4.73. The van der Waals surface area contributed by atoms with E-state index in [1.54, 1.807) is 0 Å². The van der Waals surface area contributed by atoms with Gasteiger partial charge in [0.2, 0.25) is 0 Å². The van der Waals surface area contributed by atoms with E-state index < -0.39 is 0 Å². The van der Waals surface area contributed by atoms with E-state index in [0.717, 1.165) is 0 Å². The third-order valence-electron chi connectivity index (χ3n) is 4.30. The standard InChI is InChI=1S/C17H29N3/c1-13(2)20(14(3)4)17-15(9-8-11-18-17)16-10-6-7-12-19(16)5/h8-9,11,13-14,16H,6-7,10,12H2,1-5H3/t16-/m1/s1. The van der Waals surface area contributed by atoms with Gasteiger partial charge in [-0.1, -0.05) is 12.5 Å². The molecule has 1 aliphatic rings. The van der Waals surface area contributed by atoms with Gasteiger partial charge in [-0.05, 0) is 60.2 Å². The van der Waals surface area contributed by atoms with Gasteiger partial charge in [0.25, 0.3) is 0 Å². The molecule has 3 heteroatoms. The molecule has 0 aliphatic carbocycles. The van der Waals surface area contributed by atoms with Crippen LogP contribution in [0.4, 0.5) is 5.82 Å². The molecule has 0 aromatic carbocycles. The highest BCUT2D eigenvalue weighted by molar-refractivity contribution is 5.50. The van der Waals surface area contributed by atoms with Gasteiger partial charge < -0.3 is 4.90 Å². The number of likely N-dealkylation sites (tertiary alicyclic amines) is 1. The van der Waals surface area contributed by atoms with Gasteiger partial charge in [0.15, 0.2) is 0 Å². The van der Waals surface area contributed by atoms with E-state index in [2.05, 4.69) is 56.7 Å². The second kappa shape index (κ2) is 6.57. The van der Waals surface area contributed by atoms with Crippen molar-refractivity contribution in [1.82, 2.24) is 9.88 Å². The van der Waals surface area contributed by atoms with Gasteiger partial charge in [0.05, 0.1) is 0 Å². The summed E-state index contributed by atoms with van der Waals surface area (Å²) >= 11 is 0. The first-order valence-electron chi connectivity index (χ1n) is 7.96. The summed E-state index contributed by atoms with van der Waals surface area (Å²) in [6, 6.07) is 5.81. The summed E-state index contributed by atoms with van der Waals surface area (Å²) in [6.07, 6.45) is 5.83. The average Bonchev–Trinajstić information content (AvgIpc) is 2.39. The van der Waals surface area contributed by atoms with Crippen molar-refractivity contribution < 1.29 is 0 Å². The molecule has 0 radical (unpaired) electrons. The number of piperidine rings is 1. The fourth-order valence-corrected chi connectivity index (χ4v) is 3.44. The summed E-state index contributed by atoms with van der Waals surface area (Å²) in [5.74, 6) is 1.18. The number of aromatic nitrogens is 1. The predicted octanol–water partition coefficient (Wildman–Crippen LogP) is 3.86. The molecule has 0 bridgehead atoms. The Labute approximate surface area is 124 Å². The maximum atomic E-state index is 4.73. The number of anilines is 1. The molecule has 2 heterocycles. The molecule has 20 heavy (non-hydrogen) atoms. The van der Waals surface area contributed by atoms with Crippen LogP contribution >= 0.6 is 0 Å². The van der Waals surface area contributed by atoms with Crippen LogP contribution in [-0.2, 0) is 0 Å². The molecule has 112 valence electrons. The molecule has 0 spiro atoms. The Bertz CT molecular complexity index is 420. The van der Waals surface area contributed by atoms with Gasteiger partial charge in [0.1, 0.15) is 5.82 Å². The molecule has 1 fully saturated rings. The van der Waals surface area contributed by atoms with Crippen LogP contribution in [0.2, 0.25) is 0 Å². The monoisotopic (exact) mass is 275 g/mol. The Hall–Kier alpha value is -1.09. The van der Waals surface area contributed by atoms with Crippen molar-refractivity contribution in [2.75, 3.05) is 18.5 Å². The van der Waals surface area contributed by atoms with Crippen LogP contribution in [0.1, 0.15) is 58.6 Å². The number of hydrogen-bond acceptors (Lipinski definition) is 3. The largest absolute Gasteiger partial charge is 0.351 e. The van der Waals surface area contributed by atoms with Crippen LogP contribution < -0.4 is 4.90 Å². The third kappa shape index (κ3) is 3.14. The molecule has 0 amide bonds. The van der Waals surface area contributed by atoms with E-state index >= 15 is 0 Å². The van der Waals surface area contributed by atoms with Gasteiger partial charge in [-0.3, -0.25) is 4.90 Å². The minimum absolute atomic E-state index is 0.470. The van der Waals surface area contributed by atoms with Crippen molar-refractivity contribution in [1.29, 1.82) is 0 Å². The highest BCUT2D eigenvalue weighted by atomic mass is 15.2. The lowest BCUT2D eigenvalue weighted by Crippen LogP contribution is -2.39. The van der Waals surface area contributed by atoms with Crippen molar-refractivity contribution in [2.24, 2.45) is 0 Å². The smallest absolute Gasteiger partial charge is 0.133 e. The van der Waals surface area contributed by atoms with E-state index in [0.29, 0.717) is 18.1 Å². The van der Waals surface area contributed by atoms with Gasteiger partial charge >= 0.3 is 0 Å². The lowest BCUT2D eigenvalue weighted by Gasteiger charge is -2.38. The van der Waals surface area contributed by atoms with E-state index in [-0.39, 0.29) is 0 Å². The highest BCUT2D eigenvalue weighted by Gasteiger charge is 2.27. The summed E-state index contributed by atoms with van der Waals surface area (Å²) in [7, 11) is 2.25. The molecule has 1 atom stereocenters. The van der Waals surface area contributed by atoms with E-state index in [1.165, 1.54) is 37.2 Å². The van der Waals surface area contributed by atoms with Crippen molar-refractivity contribution in [3.63, 3.8) is 0 Å². The first-order chi connectivity index (χ1) is 9.52. The second-order valence-electron chi connectivity index (χ2n) is 6.50. The molecular formula is C17H29N3. The van der Waals surface area contributed by atoms with Gasteiger partial charge in [-0.25, -0.2) is 4.98 Å². The minimum Gasteiger partial charge on any atom is -0.351 e. The first-order valence-corrected chi connectivity index (χ1v) is 7.96. The quantitative estimate of drug-likeness (QED) is 0.831. The fourth-order valence-electron chi connectivity index (χ4n) is 3.44. The Morgan fingerprint density at radius 2 is 1.90 bits per heavy atom. The second-order valence-corrected chi connectivity index (χ2v) is 6.50. The van der Waals surface area contributed by atoms with Crippen molar-refractivity contribution >= 4 is 5.82 Å². The molecule has 2 rings (SSSR count). The van der Waals surface area contributed by atoms with Gasteiger partial charge in [0, 0.05) is 29.9 Å². The van der Waals surface area contributed by atoms with Crippen molar-refractivity contribution in [3.8, 4) is 0 Å². The van der Waals surface area contributed by atoms with Gasteiger partial charge in [-0.2, -0.15) is 0 Å². The zero-order valence-electron chi connectivity index (χ0n) is 13.6. The molecular weight excluding hydrogens is 246 g/mol. The SMILES string of the molecule is CC(C)N(c1ncccc1[C@H]1CCCCN1C)C(C)C. The van der Waals surface area contributed by atoms with E-state index in [1.807, 2.05) is 6.20 Å². The topological polar surface area (TPSA) is 19.4 Å². The molecule has 0 saturated carbocycles. The summed E-state index contributed by atoms with van der Waals surface area (Å²) in [6.45, 7) is 10.2. The van der Waals surface area contributed by atoms with Crippen LogP contribution in [0.25, 0.3) is 0 Å². The highest BCUT2D eigenvalue weighted by Crippen LogP contribution is 2.35. The normalized spacial score (nSPS) is 20.6. The molecule has 1 aromatic rings. The zero-order chi connectivity index (χ0) is 14.7. The predicted molar refractivity (Wildman–Crippen MR) is 86.2 cm³/mol. The zero-order valence-corrected chi connectivity index (χ0v) is 13.6. The molecule has 1 saturated heterocycles. The van der Waals surface area contributed by atoms with Crippen LogP contribution in [0.5, 0.6) is 0 Å². The average molecular weight is 275 g/mol. The van der Waals surface area contributed by atoms with Crippen LogP contribution in [0.3, 0.4) is 0 Å². The summed E-state index contributed by atoms with van der Waals surface area (Å²) in [5, 5.41) is 0. The number of rotatable bonds is 4. The molecule has 1 aliphatic heterocycles. The number of pyridine rings is 1. The fraction of sp³-hybridized carbons (Fsp3) is 0.706. The van der Waals surface area contributed by atoms with Crippen LogP contribution in [0, 0.1) is 0 Å². The van der Waals surface area contributed by atoms with E-state index in [9.17, 15) is 0 Å². The lowest BCUT2D eigenvalue weighted by atomic mass is 9.95. The first kappa shape index (κ1) is 15.3. The molecule has 3 nitrogen and oxygen atoms in total. The minimum atomic E-state index is 0.470. The van der Waals surface area contributed by atoms with Gasteiger partial charge in [-0.15, -0.1) is 0 Å². The lowest BCUT2D eigenvalue weighted by molar-refractivity contribution is 0.187. The maximum Gasteiger partial charge on any atom is 0.133 e. The van der Waals surface area contributed by atoms with Crippen LogP contribution in [0.15, 0.2) is 18.3 Å². The third-order valence-corrected chi connectivity index (χ3v) is 4.30. The Morgan fingerprint density at radius 3 is 2.50 bits per heavy atom. The van der Waals surface area contributed by atoms with Crippen molar-refractivity contribution in [3.05, 3.63) is 23.9 Å². The Morgan fingerprint density at radius 1 is 1.20 bits per heavy atom. The van der Waals surface area contributed by atoms with E-state index in [4.69, 9.17) is 4.98 Å². The molecule has 1 aromatic heterocycles. The summed E-state index contributed by atoms with van der Waals surface area (Å²) < 4.78 is 0. The summed E-state index contributed by atoms with van der Waals surface area (Å²) in [5.41, 5.74) is 1.40. The number of hydrogen-bond donors (Lipinski definition) is 0. The number of nitrogens with zero attached hydrogens (tertiary/aromatic N) is 3. The van der Waals surface area contributed by atoms with Crippen LogP contribution in [-0.4, -0.2) is 35.6 Å². The van der Waals surface area contributed by atoms with Crippen molar-refractivity contribution in [2.45, 2.75) is 65.1 Å². The molecule has 0 N–H and O–H groups in total.